The van der Waals surface area contributed by atoms with E-state index in [0.717, 1.165) is 0 Å². The van der Waals surface area contributed by atoms with Gasteiger partial charge in [-0.15, -0.1) is 0 Å². The molecular formula is C10H14ClN3O. The van der Waals surface area contributed by atoms with Crippen molar-refractivity contribution in [3.8, 4) is 5.75 Å². The minimum Gasteiger partial charge on any atom is -0.483 e. The zero-order chi connectivity index (χ0) is 11.3. The second-order valence-corrected chi connectivity index (χ2v) is 3.41. The smallest absolute Gasteiger partial charge is 0.154 e. The predicted molar refractivity (Wildman–Crippen MR) is 62.2 cm³/mol. The van der Waals surface area contributed by atoms with E-state index >= 15 is 0 Å². The van der Waals surface area contributed by atoms with Crippen molar-refractivity contribution < 1.29 is 4.74 Å². The van der Waals surface area contributed by atoms with Crippen molar-refractivity contribution in [1.29, 1.82) is 0 Å². The van der Waals surface area contributed by atoms with Gasteiger partial charge in [0.25, 0.3) is 0 Å². The molecule has 0 radical (unpaired) electrons. The predicted octanol–water partition coefficient (Wildman–Crippen LogP) is 1.60. The highest BCUT2D eigenvalue weighted by Crippen LogP contribution is 2.18. The first-order valence-electron chi connectivity index (χ1n) is 4.53. The number of nitrogens with two attached hydrogens (primary N) is 1. The Balaban J connectivity index is 2.70. The number of hydrazine groups is 1. The summed E-state index contributed by atoms with van der Waals surface area (Å²) in [6.07, 6.45) is -0.238. The standard InChI is InChI=1S/C10H14ClN3O/c1-7(10(13-2)14-12)15-9-5-3-4-8(11)6-9/h3-7H,12H2,1-2H3,(H,13,14). The van der Waals surface area contributed by atoms with Crippen molar-refractivity contribution in [1.82, 2.24) is 5.43 Å². The summed E-state index contributed by atoms with van der Waals surface area (Å²) in [5.74, 6) is 6.55. The summed E-state index contributed by atoms with van der Waals surface area (Å²) in [5.41, 5.74) is 2.48. The lowest BCUT2D eigenvalue weighted by Crippen LogP contribution is -2.40. The third-order valence-electron chi connectivity index (χ3n) is 1.88. The molecule has 1 aromatic carbocycles. The lowest BCUT2D eigenvalue weighted by atomic mass is 10.3. The summed E-state index contributed by atoms with van der Waals surface area (Å²) < 4.78 is 5.58. The number of hydrogen-bond donors (Lipinski definition) is 2. The fourth-order valence-corrected chi connectivity index (χ4v) is 1.34. The van der Waals surface area contributed by atoms with Gasteiger partial charge in [0, 0.05) is 12.1 Å². The number of hydrogen-bond acceptors (Lipinski definition) is 3. The Hall–Kier alpha value is -1.26. The highest BCUT2D eigenvalue weighted by molar-refractivity contribution is 6.30. The average Bonchev–Trinajstić information content (AvgIpc) is 2.19. The molecule has 5 heteroatoms. The van der Waals surface area contributed by atoms with Crippen LogP contribution in [0.2, 0.25) is 5.02 Å². The van der Waals surface area contributed by atoms with Crippen LogP contribution in [0.25, 0.3) is 0 Å². The first-order chi connectivity index (χ1) is 7.17. The average molecular weight is 228 g/mol. The number of aliphatic imine (C=N–C) groups is 1. The van der Waals surface area contributed by atoms with E-state index in [4.69, 9.17) is 22.2 Å². The fourth-order valence-electron chi connectivity index (χ4n) is 1.16. The highest BCUT2D eigenvalue weighted by atomic mass is 35.5. The second kappa shape index (κ2) is 5.58. The lowest BCUT2D eigenvalue weighted by molar-refractivity contribution is 0.282. The molecule has 15 heavy (non-hydrogen) atoms. The van der Waals surface area contributed by atoms with Crippen LogP contribution in [0.1, 0.15) is 6.92 Å². The Bertz CT molecular complexity index is 354. The van der Waals surface area contributed by atoms with Crippen LogP contribution >= 0.6 is 11.6 Å². The first kappa shape index (κ1) is 11.8. The maximum Gasteiger partial charge on any atom is 0.154 e. The minimum atomic E-state index is -0.238. The van der Waals surface area contributed by atoms with Gasteiger partial charge in [0.15, 0.2) is 11.9 Å². The van der Waals surface area contributed by atoms with Gasteiger partial charge in [-0.1, -0.05) is 17.7 Å². The van der Waals surface area contributed by atoms with E-state index in [9.17, 15) is 0 Å². The van der Waals surface area contributed by atoms with E-state index in [1.54, 1.807) is 19.2 Å². The second-order valence-electron chi connectivity index (χ2n) is 2.97. The maximum atomic E-state index is 5.83. The normalized spacial score (nSPS) is 13.5. The zero-order valence-corrected chi connectivity index (χ0v) is 9.45. The largest absolute Gasteiger partial charge is 0.483 e. The molecule has 1 unspecified atom stereocenters. The number of ether oxygens (including phenoxy) is 1. The zero-order valence-electron chi connectivity index (χ0n) is 8.70. The van der Waals surface area contributed by atoms with Crippen LogP contribution < -0.4 is 16.0 Å². The third kappa shape index (κ3) is 3.42. The van der Waals surface area contributed by atoms with Gasteiger partial charge in [-0.25, -0.2) is 5.84 Å². The van der Waals surface area contributed by atoms with Crippen LogP contribution in [0.15, 0.2) is 29.3 Å². The van der Waals surface area contributed by atoms with Gasteiger partial charge in [0.05, 0.1) is 0 Å². The number of nitrogens with one attached hydrogen (secondary N) is 1. The first-order valence-corrected chi connectivity index (χ1v) is 4.90. The summed E-state index contributed by atoms with van der Waals surface area (Å²) in [6, 6.07) is 7.17. The molecule has 0 amide bonds. The molecule has 0 aliphatic heterocycles. The third-order valence-corrected chi connectivity index (χ3v) is 2.12. The van der Waals surface area contributed by atoms with Gasteiger partial charge in [0.1, 0.15) is 5.75 Å². The molecule has 0 aromatic heterocycles. The summed E-state index contributed by atoms with van der Waals surface area (Å²) in [6.45, 7) is 1.85. The molecule has 0 saturated carbocycles. The summed E-state index contributed by atoms with van der Waals surface area (Å²) in [5, 5.41) is 0.635. The van der Waals surface area contributed by atoms with Crippen LogP contribution in [0.3, 0.4) is 0 Å². The van der Waals surface area contributed by atoms with E-state index < -0.39 is 0 Å². The number of benzene rings is 1. The van der Waals surface area contributed by atoms with Crippen molar-refractivity contribution >= 4 is 17.4 Å². The molecule has 1 aromatic rings. The number of rotatable bonds is 3. The van der Waals surface area contributed by atoms with Crippen LogP contribution in [0.5, 0.6) is 5.75 Å². The van der Waals surface area contributed by atoms with Crippen molar-refractivity contribution in [3.05, 3.63) is 29.3 Å². The minimum absolute atomic E-state index is 0.238. The Labute approximate surface area is 94.1 Å². The van der Waals surface area contributed by atoms with Crippen molar-refractivity contribution in [2.75, 3.05) is 7.05 Å². The number of amidine groups is 1. The molecule has 1 rings (SSSR count). The van der Waals surface area contributed by atoms with E-state index in [1.165, 1.54) is 0 Å². The molecule has 82 valence electrons. The Morgan fingerprint density at radius 3 is 2.87 bits per heavy atom. The Morgan fingerprint density at radius 2 is 2.33 bits per heavy atom. The lowest BCUT2D eigenvalue weighted by Gasteiger charge is -2.16. The van der Waals surface area contributed by atoms with E-state index in [0.29, 0.717) is 16.6 Å². The molecular weight excluding hydrogens is 214 g/mol. The van der Waals surface area contributed by atoms with Crippen molar-refractivity contribution in [3.63, 3.8) is 0 Å². The molecule has 0 spiro atoms. The van der Waals surface area contributed by atoms with E-state index in [2.05, 4.69) is 10.4 Å². The SMILES string of the molecule is CN=C(NN)C(C)Oc1cccc(Cl)c1. The molecule has 3 N–H and O–H groups in total. The molecule has 0 bridgehead atoms. The Morgan fingerprint density at radius 1 is 1.60 bits per heavy atom. The van der Waals surface area contributed by atoms with Gasteiger partial charge in [-0.2, -0.15) is 0 Å². The molecule has 4 nitrogen and oxygen atoms in total. The number of halogens is 1. The van der Waals surface area contributed by atoms with Crippen molar-refractivity contribution in [2.45, 2.75) is 13.0 Å². The summed E-state index contributed by atoms with van der Waals surface area (Å²) in [4.78, 5) is 3.95. The van der Waals surface area contributed by atoms with Gasteiger partial charge < -0.3 is 10.2 Å². The van der Waals surface area contributed by atoms with Gasteiger partial charge in [0.2, 0.25) is 0 Å². The molecule has 0 heterocycles. The van der Waals surface area contributed by atoms with Crippen LogP contribution in [0.4, 0.5) is 0 Å². The highest BCUT2D eigenvalue weighted by Gasteiger charge is 2.10. The summed E-state index contributed by atoms with van der Waals surface area (Å²) in [7, 11) is 1.65. The summed E-state index contributed by atoms with van der Waals surface area (Å²) >= 11 is 5.83. The Kier molecular flexibility index (Phi) is 4.39. The van der Waals surface area contributed by atoms with Crippen LogP contribution in [0, 0.1) is 0 Å². The number of nitrogens with zero attached hydrogens (tertiary/aromatic N) is 1. The molecule has 1 atom stereocenters. The van der Waals surface area contributed by atoms with E-state index in [1.807, 2.05) is 19.1 Å². The van der Waals surface area contributed by atoms with Gasteiger partial charge >= 0.3 is 0 Å². The van der Waals surface area contributed by atoms with E-state index in [-0.39, 0.29) is 6.10 Å². The van der Waals surface area contributed by atoms with Gasteiger partial charge in [-0.3, -0.25) is 4.99 Å². The monoisotopic (exact) mass is 227 g/mol. The molecule has 0 aliphatic rings. The molecule has 0 fully saturated rings. The molecule has 0 saturated heterocycles. The quantitative estimate of drug-likeness (QED) is 0.357. The topological polar surface area (TPSA) is 59.6 Å². The van der Waals surface area contributed by atoms with Crippen LogP contribution in [-0.4, -0.2) is 19.0 Å². The fraction of sp³-hybridized carbons (Fsp3) is 0.300. The molecule has 0 aliphatic carbocycles. The van der Waals surface area contributed by atoms with Gasteiger partial charge in [-0.05, 0) is 25.1 Å². The maximum absolute atomic E-state index is 5.83. The van der Waals surface area contributed by atoms with Crippen molar-refractivity contribution in [2.24, 2.45) is 10.8 Å². The van der Waals surface area contributed by atoms with Crippen LogP contribution in [-0.2, 0) is 0 Å².